The van der Waals surface area contributed by atoms with Gasteiger partial charge in [0.2, 0.25) is 0 Å². The molecule has 2 aliphatic rings. The molecule has 0 atom stereocenters. The summed E-state index contributed by atoms with van der Waals surface area (Å²) in [6.45, 7) is 6.74. The van der Waals surface area contributed by atoms with Gasteiger partial charge in [-0.2, -0.15) is 0 Å². The Kier molecular flexibility index (Phi) is 3.36. The Morgan fingerprint density at radius 3 is 2.20 bits per heavy atom. The second kappa shape index (κ2) is 4.42. The van der Waals surface area contributed by atoms with Gasteiger partial charge in [-0.1, -0.05) is 13.8 Å². The topological polar surface area (TPSA) is 29.3 Å². The molecule has 2 aliphatic carbocycles. The van der Waals surface area contributed by atoms with Crippen molar-refractivity contribution in [3.63, 3.8) is 0 Å². The molecule has 0 aliphatic heterocycles. The first-order chi connectivity index (χ1) is 7.22. The normalized spacial score (nSPS) is 37.2. The van der Waals surface area contributed by atoms with Gasteiger partial charge in [0.1, 0.15) is 0 Å². The van der Waals surface area contributed by atoms with E-state index in [4.69, 9.17) is 5.73 Å². The zero-order chi connectivity index (χ0) is 10.9. The molecule has 0 heterocycles. The molecule has 0 amide bonds. The van der Waals surface area contributed by atoms with Gasteiger partial charge in [-0.05, 0) is 51.0 Å². The van der Waals surface area contributed by atoms with E-state index in [1.807, 2.05) is 0 Å². The van der Waals surface area contributed by atoms with Gasteiger partial charge in [0.15, 0.2) is 0 Å². The van der Waals surface area contributed by atoms with E-state index in [9.17, 15) is 0 Å². The predicted molar refractivity (Wildman–Crippen MR) is 64.8 cm³/mol. The van der Waals surface area contributed by atoms with Crippen molar-refractivity contribution in [2.75, 3.05) is 13.1 Å². The molecule has 2 saturated carbocycles. The molecule has 2 nitrogen and oxygen atoms in total. The summed E-state index contributed by atoms with van der Waals surface area (Å²) in [5, 5.41) is 0. The van der Waals surface area contributed by atoms with Gasteiger partial charge >= 0.3 is 0 Å². The molecular weight excluding hydrogens is 184 g/mol. The maximum Gasteiger partial charge on any atom is 0.0334 e. The van der Waals surface area contributed by atoms with Crippen LogP contribution in [0.4, 0.5) is 0 Å². The molecule has 2 rings (SSSR count). The maximum absolute atomic E-state index is 6.08. The summed E-state index contributed by atoms with van der Waals surface area (Å²) < 4.78 is 0. The first-order valence-corrected chi connectivity index (χ1v) is 6.68. The lowest BCUT2D eigenvalue weighted by molar-refractivity contribution is 0.0420. The summed E-state index contributed by atoms with van der Waals surface area (Å²) in [6.07, 6.45) is 8.22. The SMILES string of the molecule is CCN(C1CC1)C1(CN)CCC(C)CC1. The average molecular weight is 210 g/mol. The van der Waals surface area contributed by atoms with E-state index < -0.39 is 0 Å². The summed E-state index contributed by atoms with van der Waals surface area (Å²) in [7, 11) is 0. The Morgan fingerprint density at radius 1 is 1.20 bits per heavy atom. The highest BCUT2D eigenvalue weighted by Gasteiger charge is 2.43. The molecule has 0 aromatic carbocycles. The highest BCUT2D eigenvalue weighted by atomic mass is 15.3. The molecule has 15 heavy (non-hydrogen) atoms. The Bertz CT molecular complexity index is 203. The molecule has 0 unspecified atom stereocenters. The van der Waals surface area contributed by atoms with Crippen molar-refractivity contribution in [1.82, 2.24) is 4.90 Å². The molecule has 0 spiro atoms. The fourth-order valence-corrected chi connectivity index (χ4v) is 3.28. The smallest absolute Gasteiger partial charge is 0.0334 e. The van der Waals surface area contributed by atoms with E-state index >= 15 is 0 Å². The number of hydrogen-bond donors (Lipinski definition) is 1. The number of likely N-dealkylation sites (N-methyl/N-ethyl adjacent to an activating group) is 1. The van der Waals surface area contributed by atoms with E-state index in [0.717, 1.165) is 18.5 Å². The second-order valence-electron chi connectivity index (χ2n) is 5.63. The Labute approximate surface area is 94.2 Å². The third-order valence-electron chi connectivity index (χ3n) is 4.52. The Balaban J connectivity index is 2.05. The van der Waals surface area contributed by atoms with Crippen LogP contribution < -0.4 is 5.73 Å². The van der Waals surface area contributed by atoms with Crippen LogP contribution in [0.15, 0.2) is 0 Å². The number of rotatable bonds is 4. The van der Waals surface area contributed by atoms with Crippen molar-refractivity contribution in [3.8, 4) is 0 Å². The predicted octanol–water partition coefficient (Wildman–Crippen LogP) is 2.38. The molecular formula is C13H26N2. The quantitative estimate of drug-likeness (QED) is 0.772. The van der Waals surface area contributed by atoms with Crippen molar-refractivity contribution in [2.24, 2.45) is 11.7 Å². The summed E-state index contributed by atoms with van der Waals surface area (Å²) in [6, 6.07) is 0.868. The number of nitrogens with two attached hydrogens (primary N) is 1. The van der Waals surface area contributed by atoms with Crippen LogP contribution in [0.25, 0.3) is 0 Å². The first kappa shape index (κ1) is 11.4. The molecule has 2 heteroatoms. The Morgan fingerprint density at radius 2 is 1.80 bits per heavy atom. The fourth-order valence-electron chi connectivity index (χ4n) is 3.28. The Hall–Kier alpha value is -0.0800. The van der Waals surface area contributed by atoms with E-state index in [1.165, 1.54) is 45.1 Å². The van der Waals surface area contributed by atoms with Crippen molar-refractivity contribution in [3.05, 3.63) is 0 Å². The number of hydrogen-bond acceptors (Lipinski definition) is 2. The molecule has 0 aromatic rings. The first-order valence-electron chi connectivity index (χ1n) is 6.68. The van der Waals surface area contributed by atoms with Crippen LogP contribution >= 0.6 is 0 Å². The van der Waals surface area contributed by atoms with E-state index in [-0.39, 0.29) is 0 Å². The maximum atomic E-state index is 6.08. The zero-order valence-corrected chi connectivity index (χ0v) is 10.3. The van der Waals surface area contributed by atoms with Gasteiger partial charge in [-0.15, -0.1) is 0 Å². The largest absolute Gasteiger partial charge is 0.329 e. The zero-order valence-electron chi connectivity index (χ0n) is 10.3. The molecule has 0 radical (unpaired) electrons. The highest BCUT2D eigenvalue weighted by Crippen LogP contribution is 2.41. The number of nitrogens with zero attached hydrogens (tertiary/aromatic N) is 1. The molecule has 2 N–H and O–H groups in total. The summed E-state index contributed by atoms with van der Waals surface area (Å²) >= 11 is 0. The standard InChI is InChI=1S/C13H26N2/c1-3-15(12-4-5-12)13(10-14)8-6-11(2)7-9-13/h11-12H,3-10,14H2,1-2H3. The summed E-state index contributed by atoms with van der Waals surface area (Å²) in [5.41, 5.74) is 6.45. The van der Waals surface area contributed by atoms with E-state index in [1.54, 1.807) is 0 Å². The lowest BCUT2D eigenvalue weighted by Gasteiger charge is -2.47. The highest BCUT2D eigenvalue weighted by molar-refractivity contribution is 5.00. The average Bonchev–Trinajstić information content (AvgIpc) is 3.07. The minimum absolute atomic E-state index is 0.364. The summed E-state index contributed by atoms with van der Waals surface area (Å²) in [5.74, 6) is 0.919. The third kappa shape index (κ3) is 2.21. The van der Waals surface area contributed by atoms with Gasteiger partial charge in [-0.3, -0.25) is 4.90 Å². The van der Waals surface area contributed by atoms with Crippen molar-refractivity contribution in [1.29, 1.82) is 0 Å². The van der Waals surface area contributed by atoms with Crippen LogP contribution in [0.5, 0.6) is 0 Å². The molecule has 0 bridgehead atoms. The van der Waals surface area contributed by atoms with Gasteiger partial charge in [-0.25, -0.2) is 0 Å². The van der Waals surface area contributed by atoms with Gasteiger partial charge in [0, 0.05) is 18.1 Å². The van der Waals surface area contributed by atoms with Gasteiger partial charge in [0.25, 0.3) is 0 Å². The van der Waals surface area contributed by atoms with Crippen molar-refractivity contribution < 1.29 is 0 Å². The van der Waals surface area contributed by atoms with Crippen LogP contribution in [0, 0.1) is 5.92 Å². The van der Waals surface area contributed by atoms with Crippen LogP contribution in [0.3, 0.4) is 0 Å². The second-order valence-corrected chi connectivity index (χ2v) is 5.63. The summed E-state index contributed by atoms with van der Waals surface area (Å²) in [4.78, 5) is 2.72. The lowest BCUT2D eigenvalue weighted by Crippen LogP contribution is -2.56. The minimum Gasteiger partial charge on any atom is -0.329 e. The van der Waals surface area contributed by atoms with Gasteiger partial charge in [0.05, 0.1) is 0 Å². The molecule has 0 aromatic heterocycles. The minimum atomic E-state index is 0.364. The molecule has 0 saturated heterocycles. The van der Waals surface area contributed by atoms with E-state index in [0.29, 0.717) is 5.54 Å². The molecule has 2 fully saturated rings. The lowest BCUT2D eigenvalue weighted by atomic mass is 9.76. The van der Waals surface area contributed by atoms with Gasteiger partial charge < -0.3 is 5.73 Å². The van der Waals surface area contributed by atoms with Crippen LogP contribution in [0.1, 0.15) is 52.4 Å². The van der Waals surface area contributed by atoms with Crippen LogP contribution in [-0.4, -0.2) is 29.6 Å². The van der Waals surface area contributed by atoms with Crippen molar-refractivity contribution >= 4 is 0 Å². The van der Waals surface area contributed by atoms with E-state index in [2.05, 4.69) is 18.7 Å². The van der Waals surface area contributed by atoms with Crippen LogP contribution in [-0.2, 0) is 0 Å². The third-order valence-corrected chi connectivity index (χ3v) is 4.52. The van der Waals surface area contributed by atoms with Crippen molar-refractivity contribution in [2.45, 2.75) is 64.0 Å². The molecule has 88 valence electrons. The fraction of sp³-hybridized carbons (Fsp3) is 1.00. The monoisotopic (exact) mass is 210 g/mol. The van der Waals surface area contributed by atoms with Crippen LogP contribution in [0.2, 0.25) is 0 Å².